The van der Waals surface area contributed by atoms with Gasteiger partial charge in [0, 0.05) is 56.1 Å². The third-order valence-corrected chi connectivity index (χ3v) is 6.00. The summed E-state index contributed by atoms with van der Waals surface area (Å²) in [5, 5.41) is 5.80. The molecule has 0 bridgehead atoms. The van der Waals surface area contributed by atoms with Crippen LogP contribution in [0.2, 0.25) is 0 Å². The van der Waals surface area contributed by atoms with Gasteiger partial charge in [0.1, 0.15) is 0 Å². The molecule has 0 radical (unpaired) electrons. The van der Waals surface area contributed by atoms with Crippen molar-refractivity contribution in [3.63, 3.8) is 0 Å². The predicted molar refractivity (Wildman–Crippen MR) is 132 cm³/mol. The first-order valence-electron chi connectivity index (χ1n) is 11.4. The number of rotatable bonds is 6. The second kappa shape index (κ2) is 10.2. The molecule has 2 amide bonds. The number of piperazine rings is 1. The Bertz CT molecular complexity index is 939. The van der Waals surface area contributed by atoms with Crippen LogP contribution in [0.25, 0.3) is 0 Å². The second-order valence-corrected chi connectivity index (χ2v) is 9.67. The minimum atomic E-state index is -0.161. The lowest BCUT2D eigenvalue weighted by atomic mass is 9.87. The zero-order valence-corrected chi connectivity index (χ0v) is 20.0. The molecule has 1 aliphatic heterocycles. The number of likely N-dealkylation sites (N-methyl/N-ethyl adjacent to an activating group) is 1. The zero-order valence-electron chi connectivity index (χ0n) is 20.0. The van der Waals surface area contributed by atoms with E-state index >= 15 is 0 Å². The van der Waals surface area contributed by atoms with Crippen LogP contribution in [-0.2, 0) is 10.2 Å². The highest BCUT2D eigenvalue weighted by Gasteiger charge is 2.16. The van der Waals surface area contributed by atoms with Gasteiger partial charge in [-0.25, -0.2) is 0 Å². The lowest BCUT2D eigenvalue weighted by molar-refractivity contribution is -0.116. The fraction of sp³-hybridized carbons (Fsp3) is 0.462. The Labute approximate surface area is 192 Å². The van der Waals surface area contributed by atoms with E-state index in [0.717, 1.165) is 37.4 Å². The van der Waals surface area contributed by atoms with E-state index in [0.29, 0.717) is 12.1 Å². The molecule has 1 heterocycles. The normalized spacial score (nSPS) is 14.8. The average molecular weight is 437 g/mol. The van der Waals surface area contributed by atoms with Gasteiger partial charge < -0.3 is 20.4 Å². The van der Waals surface area contributed by atoms with Gasteiger partial charge in [-0.05, 0) is 60.8 Å². The number of nitrogens with one attached hydrogen (secondary N) is 2. The van der Waals surface area contributed by atoms with Crippen molar-refractivity contribution >= 4 is 23.2 Å². The van der Waals surface area contributed by atoms with E-state index in [4.69, 9.17) is 0 Å². The van der Waals surface area contributed by atoms with Crippen LogP contribution in [0.15, 0.2) is 42.5 Å². The number of hydrogen-bond donors (Lipinski definition) is 2. The highest BCUT2D eigenvalue weighted by atomic mass is 16.2. The summed E-state index contributed by atoms with van der Waals surface area (Å²) in [7, 11) is 2.15. The van der Waals surface area contributed by atoms with Gasteiger partial charge in [-0.2, -0.15) is 0 Å². The van der Waals surface area contributed by atoms with Crippen LogP contribution in [0.3, 0.4) is 0 Å². The minimum absolute atomic E-state index is 0.0495. The van der Waals surface area contributed by atoms with Crippen molar-refractivity contribution in [3.8, 4) is 0 Å². The first kappa shape index (κ1) is 23.8. The van der Waals surface area contributed by atoms with E-state index in [1.54, 1.807) is 0 Å². The lowest BCUT2D eigenvalue weighted by Gasteiger charge is -2.34. The fourth-order valence-corrected chi connectivity index (χ4v) is 3.78. The molecule has 0 unspecified atom stereocenters. The summed E-state index contributed by atoms with van der Waals surface area (Å²) in [6.45, 7) is 12.9. The van der Waals surface area contributed by atoms with Crippen molar-refractivity contribution in [3.05, 3.63) is 59.2 Å². The monoisotopic (exact) mass is 436 g/mol. The first-order chi connectivity index (χ1) is 15.1. The van der Waals surface area contributed by atoms with Gasteiger partial charge in [-0.1, -0.05) is 32.9 Å². The van der Waals surface area contributed by atoms with E-state index in [-0.39, 0.29) is 23.7 Å². The number of nitrogens with zero attached hydrogens (tertiary/aromatic N) is 2. The molecule has 0 spiro atoms. The minimum Gasteiger partial charge on any atom is -0.369 e. The van der Waals surface area contributed by atoms with Crippen LogP contribution in [0.5, 0.6) is 0 Å². The molecule has 32 heavy (non-hydrogen) atoms. The molecule has 2 aromatic rings. The van der Waals surface area contributed by atoms with Crippen molar-refractivity contribution in [1.82, 2.24) is 10.2 Å². The Balaban J connectivity index is 1.47. The quantitative estimate of drug-likeness (QED) is 0.723. The molecule has 0 saturated carbocycles. The Hall–Kier alpha value is -2.86. The van der Waals surface area contributed by atoms with Gasteiger partial charge >= 0.3 is 0 Å². The van der Waals surface area contributed by atoms with E-state index in [1.807, 2.05) is 37.3 Å². The molecule has 6 nitrogen and oxygen atoms in total. The molecule has 0 aromatic heterocycles. The van der Waals surface area contributed by atoms with Gasteiger partial charge in [-0.3, -0.25) is 9.59 Å². The summed E-state index contributed by atoms with van der Waals surface area (Å²) in [5.74, 6) is -0.269. The number of carbonyl (C=O) groups is 2. The number of carbonyl (C=O) groups excluding carboxylic acids is 2. The van der Waals surface area contributed by atoms with Crippen LogP contribution in [0.4, 0.5) is 11.4 Å². The highest BCUT2D eigenvalue weighted by Crippen LogP contribution is 2.24. The molecule has 0 atom stereocenters. The van der Waals surface area contributed by atoms with E-state index in [1.165, 1.54) is 11.3 Å². The van der Waals surface area contributed by atoms with Crippen LogP contribution in [-0.4, -0.2) is 56.5 Å². The molecule has 0 aliphatic carbocycles. The Morgan fingerprint density at radius 2 is 1.62 bits per heavy atom. The maximum absolute atomic E-state index is 12.4. The van der Waals surface area contributed by atoms with Gasteiger partial charge in [0.05, 0.1) is 0 Å². The van der Waals surface area contributed by atoms with Crippen molar-refractivity contribution < 1.29 is 9.59 Å². The van der Waals surface area contributed by atoms with Crippen molar-refractivity contribution in [2.24, 2.45) is 0 Å². The SMILES string of the molecule is Cc1cc(N2CCN(C)CC2)ccc1NC(=O)CCNC(=O)c1ccc(C(C)(C)C)cc1. The standard InChI is InChI=1S/C26H36N4O2/c1-19-18-22(30-16-14-29(5)15-17-30)10-11-23(19)28-24(31)12-13-27-25(32)20-6-8-21(9-7-20)26(2,3)4/h6-11,18H,12-17H2,1-5H3,(H,27,32)(H,28,31). The molecule has 2 N–H and O–H groups in total. The lowest BCUT2D eigenvalue weighted by Crippen LogP contribution is -2.44. The van der Waals surface area contributed by atoms with Crippen molar-refractivity contribution in [1.29, 1.82) is 0 Å². The molecule has 2 aromatic carbocycles. The third kappa shape index (κ3) is 6.33. The maximum Gasteiger partial charge on any atom is 0.251 e. The second-order valence-electron chi connectivity index (χ2n) is 9.67. The summed E-state index contributed by atoms with van der Waals surface area (Å²) in [6, 6.07) is 13.8. The summed E-state index contributed by atoms with van der Waals surface area (Å²) < 4.78 is 0. The third-order valence-electron chi connectivity index (χ3n) is 6.00. The molecule has 1 fully saturated rings. The van der Waals surface area contributed by atoms with Gasteiger partial charge in [0.25, 0.3) is 5.91 Å². The number of aryl methyl sites for hydroxylation is 1. The van der Waals surface area contributed by atoms with Crippen molar-refractivity contribution in [2.45, 2.75) is 39.5 Å². The van der Waals surface area contributed by atoms with Gasteiger partial charge in [0.2, 0.25) is 5.91 Å². The predicted octanol–water partition coefficient (Wildman–Crippen LogP) is 3.80. The topological polar surface area (TPSA) is 64.7 Å². The van der Waals surface area contributed by atoms with Gasteiger partial charge in [-0.15, -0.1) is 0 Å². The summed E-state index contributed by atoms with van der Waals surface area (Å²) in [4.78, 5) is 29.4. The number of amides is 2. The van der Waals surface area contributed by atoms with Crippen molar-refractivity contribution in [2.75, 3.05) is 50.0 Å². The molecule has 6 heteroatoms. The molecule has 172 valence electrons. The van der Waals surface area contributed by atoms with Gasteiger partial charge in [0.15, 0.2) is 0 Å². The highest BCUT2D eigenvalue weighted by molar-refractivity contribution is 5.95. The summed E-state index contributed by atoms with van der Waals surface area (Å²) in [5.41, 5.74) is 4.89. The molecule has 1 saturated heterocycles. The van der Waals surface area contributed by atoms with Crippen LogP contribution >= 0.6 is 0 Å². The molecule has 3 rings (SSSR count). The molecule has 1 aliphatic rings. The number of hydrogen-bond acceptors (Lipinski definition) is 4. The molecular weight excluding hydrogens is 400 g/mol. The smallest absolute Gasteiger partial charge is 0.251 e. The molecular formula is C26H36N4O2. The summed E-state index contributed by atoms with van der Waals surface area (Å²) >= 11 is 0. The summed E-state index contributed by atoms with van der Waals surface area (Å²) in [6.07, 6.45) is 0.228. The van der Waals surface area contributed by atoms with E-state index in [2.05, 4.69) is 60.4 Å². The number of anilines is 2. The first-order valence-corrected chi connectivity index (χ1v) is 11.4. The van der Waals surface area contributed by atoms with Crippen LogP contribution < -0.4 is 15.5 Å². The Morgan fingerprint density at radius 3 is 2.22 bits per heavy atom. The van der Waals surface area contributed by atoms with E-state index in [9.17, 15) is 9.59 Å². The Morgan fingerprint density at radius 1 is 0.969 bits per heavy atom. The fourth-order valence-electron chi connectivity index (χ4n) is 3.78. The van der Waals surface area contributed by atoms with Crippen LogP contribution in [0, 0.1) is 6.92 Å². The maximum atomic E-state index is 12.4. The van der Waals surface area contributed by atoms with Crippen LogP contribution in [0.1, 0.15) is 48.7 Å². The largest absolute Gasteiger partial charge is 0.369 e. The Kier molecular flexibility index (Phi) is 7.56. The average Bonchev–Trinajstić information content (AvgIpc) is 2.75. The van der Waals surface area contributed by atoms with E-state index < -0.39 is 0 Å². The zero-order chi connectivity index (χ0) is 23.3. The number of benzene rings is 2.